The topological polar surface area (TPSA) is 65.0 Å². The van der Waals surface area contributed by atoms with Crippen molar-refractivity contribution in [3.8, 4) is 0 Å². The van der Waals surface area contributed by atoms with Gasteiger partial charge in [-0.2, -0.15) is 0 Å². The summed E-state index contributed by atoms with van der Waals surface area (Å²) in [4.78, 5) is 11.1. The van der Waals surface area contributed by atoms with Gasteiger partial charge in [0.2, 0.25) is 0 Å². The minimum Gasteiger partial charge on any atom is -0.438 e. The molecule has 0 bridgehead atoms. The van der Waals surface area contributed by atoms with Crippen molar-refractivity contribution in [2.24, 2.45) is 5.41 Å². The van der Waals surface area contributed by atoms with E-state index in [-0.39, 0.29) is 13.2 Å². The molecule has 0 aromatic heterocycles. The number of rotatable bonds is 9. The first-order valence-corrected chi connectivity index (χ1v) is 7.20. The van der Waals surface area contributed by atoms with E-state index in [1.807, 2.05) is 31.2 Å². The Morgan fingerprint density at radius 1 is 1.32 bits per heavy atom. The van der Waals surface area contributed by atoms with E-state index in [1.165, 1.54) is 7.11 Å². The molecular formula is C17H24O5. The lowest BCUT2D eigenvalue weighted by atomic mass is 9.88. The zero-order valence-electron chi connectivity index (χ0n) is 13.2. The minimum atomic E-state index is -0.758. The molecule has 0 spiro atoms. The van der Waals surface area contributed by atoms with Crippen LogP contribution >= 0.6 is 0 Å². The third-order valence-electron chi connectivity index (χ3n) is 3.64. The molecule has 0 amide bonds. The first kappa shape index (κ1) is 18.2. The van der Waals surface area contributed by atoms with E-state index in [0.717, 1.165) is 11.1 Å². The molecular weight excluding hydrogens is 284 g/mol. The molecule has 122 valence electrons. The van der Waals surface area contributed by atoms with Crippen molar-refractivity contribution in [1.82, 2.24) is 0 Å². The number of benzene rings is 1. The molecule has 1 N–H and O–H groups in total. The first-order chi connectivity index (χ1) is 10.6. The van der Waals surface area contributed by atoms with Gasteiger partial charge in [-0.15, -0.1) is 0 Å². The maximum Gasteiger partial charge on any atom is 0.508 e. The van der Waals surface area contributed by atoms with E-state index in [9.17, 15) is 9.90 Å². The van der Waals surface area contributed by atoms with Gasteiger partial charge in [-0.05, 0) is 17.5 Å². The van der Waals surface area contributed by atoms with Crippen molar-refractivity contribution >= 4 is 12.2 Å². The SMILES string of the molecule is C=Cc1ccc(COCC(CC)(CO)COC(=O)OC)cc1. The quantitative estimate of drug-likeness (QED) is 0.710. The van der Waals surface area contributed by atoms with Gasteiger partial charge in [0.1, 0.15) is 6.61 Å². The van der Waals surface area contributed by atoms with Crippen LogP contribution in [-0.4, -0.2) is 38.2 Å². The summed E-state index contributed by atoms with van der Waals surface area (Å²) in [6, 6.07) is 7.86. The van der Waals surface area contributed by atoms with Crippen LogP contribution in [0, 0.1) is 5.41 Å². The number of carbonyl (C=O) groups excluding carboxylic acids is 1. The highest BCUT2D eigenvalue weighted by molar-refractivity contribution is 5.59. The van der Waals surface area contributed by atoms with Crippen LogP contribution < -0.4 is 0 Å². The van der Waals surface area contributed by atoms with Crippen molar-refractivity contribution in [3.63, 3.8) is 0 Å². The Morgan fingerprint density at radius 3 is 2.50 bits per heavy atom. The van der Waals surface area contributed by atoms with E-state index in [2.05, 4.69) is 11.3 Å². The fraction of sp³-hybridized carbons (Fsp3) is 0.471. The van der Waals surface area contributed by atoms with Gasteiger partial charge in [-0.25, -0.2) is 4.79 Å². The fourth-order valence-electron chi connectivity index (χ4n) is 1.86. The van der Waals surface area contributed by atoms with Gasteiger partial charge >= 0.3 is 6.16 Å². The zero-order chi connectivity index (χ0) is 16.4. The molecule has 22 heavy (non-hydrogen) atoms. The summed E-state index contributed by atoms with van der Waals surface area (Å²) in [5.74, 6) is 0. The lowest BCUT2D eigenvalue weighted by molar-refractivity contribution is -0.0494. The Morgan fingerprint density at radius 2 is 2.00 bits per heavy atom. The maximum atomic E-state index is 11.1. The number of aliphatic hydroxyl groups excluding tert-OH is 1. The number of aliphatic hydroxyl groups is 1. The first-order valence-electron chi connectivity index (χ1n) is 7.20. The van der Waals surface area contributed by atoms with Gasteiger partial charge in [0.15, 0.2) is 0 Å². The predicted molar refractivity (Wildman–Crippen MR) is 84.4 cm³/mol. The van der Waals surface area contributed by atoms with Crippen LogP contribution in [0.15, 0.2) is 30.8 Å². The van der Waals surface area contributed by atoms with E-state index >= 15 is 0 Å². The molecule has 5 nitrogen and oxygen atoms in total. The number of ether oxygens (including phenoxy) is 3. The smallest absolute Gasteiger partial charge is 0.438 e. The maximum absolute atomic E-state index is 11.1. The standard InChI is InChI=1S/C17H24O5/c1-4-14-6-8-15(9-7-14)10-21-12-17(5-2,11-18)13-22-16(19)20-3/h4,6-9,18H,1,5,10-13H2,2-3H3. The average Bonchev–Trinajstić information content (AvgIpc) is 2.58. The number of methoxy groups -OCH3 is 1. The van der Waals surface area contributed by atoms with E-state index in [1.54, 1.807) is 6.08 Å². The molecule has 0 aliphatic heterocycles. The van der Waals surface area contributed by atoms with Crippen molar-refractivity contribution in [2.75, 3.05) is 26.9 Å². The normalized spacial score (nSPS) is 13.2. The van der Waals surface area contributed by atoms with Gasteiger partial charge in [-0.1, -0.05) is 43.8 Å². The fourth-order valence-corrected chi connectivity index (χ4v) is 1.86. The Bertz CT molecular complexity index is 462. The van der Waals surface area contributed by atoms with Crippen LogP contribution in [0.4, 0.5) is 4.79 Å². The molecule has 1 rings (SSSR count). The molecule has 0 aliphatic rings. The van der Waals surface area contributed by atoms with Crippen LogP contribution in [0.1, 0.15) is 24.5 Å². The van der Waals surface area contributed by atoms with Crippen LogP contribution in [0.25, 0.3) is 6.08 Å². The molecule has 0 heterocycles. The summed E-state index contributed by atoms with van der Waals surface area (Å²) in [6.45, 7) is 6.27. The predicted octanol–water partition coefficient (Wildman–Crippen LogP) is 3.02. The van der Waals surface area contributed by atoms with Crippen molar-refractivity contribution in [1.29, 1.82) is 0 Å². The number of hydrogen-bond donors (Lipinski definition) is 1. The lowest BCUT2D eigenvalue weighted by Crippen LogP contribution is -2.36. The third-order valence-corrected chi connectivity index (χ3v) is 3.64. The Kier molecular flexibility index (Phi) is 7.63. The third kappa shape index (κ3) is 5.50. The van der Waals surface area contributed by atoms with Crippen molar-refractivity contribution in [2.45, 2.75) is 20.0 Å². The average molecular weight is 308 g/mol. The van der Waals surface area contributed by atoms with Gasteiger partial charge in [-0.3, -0.25) is 0 Å². The Labute approximate surface area is 131 Å². The summed E-state index contributed by atoms with van der Waals surface area (Å²) in [6.07, 6.45) is 1.64. The van der Waals surface area contributed by atoms with Crippen LogP contribution in [0.3, 0.4) is 0 Å². The second-order valence-corrected chi connectivity index (χ2v) is 5.19. The Hall–Kier alpha value is -1.85. The van der Waals surface area contributed by atoms with Crippen LogP contribution in [0.5, 0.6) is 0 Å². The van der Waals surface area contributed by atoms with E-state index in [0.29, 0.717) is 19.6 Å². The van der Waals surface area contributed by atoms with Crippen molar-refractivity contribution in [3.05, 3.63) is 42.0 Å². The second-order valence-electron chi connectivity index (χ2n) is 5.19. The summed E-state index contributed by atoms with van der Waals surface area (Å²) in [5.41, 5.74) is 1.46. The van der Waals surface area contributed by atoms with Gasteiger partial charge in [0, 0.05) is 0 Å². The molecule has 0 aliphatic carbocycles. The van der Waals surface area contributed by atoms with Crippen molar-refractivity contribution < 1.29 is 24.1 Å². The molecule has 5 heteroatoms. The lowest BCUT2D eigenvalue weighted by Gasteiger charge is -2.29. The molecule has 0 fully saturated rings. The largest absolute Gasteiger partial charge is 0.508 e. The van der Waals surface area contributed by atoms with Gasteiger partial charge < -0.3 is 19.3 Å². The van der Waals surface area contributed by atoms with Crippen LogP contribution in [-0.2, 0) is 20.8 Å². The highest BCUT2D eigenvalue weighted by Gasteiger charge is 2.30. The highest BCUT2D eigenvalue weighted by atomic mass is 16.7. The van der Waals surface area contributed by atoms with E-state index in [4.69, 9.17) is 9.47 Å². The Balaban J connectivity index is 2.52. The number of hydrogen-bond acceptors (Lipinski definition) is 5. The zero-order valence-corrected chi connectivity index (χ0v) is 13.2. The molecule has 0 saturated carbocycles. The summed E-state index contributed by atoms with van der Waals surface area (Å²) in [5, 5.41) is 9.60. The van der Waals surface area contributed by atoms with Crippen LogP contribution in [0.2, 0.25) is 0 Å². The van der Waals surface area contributed by atoms with Gasteiger partial charge in [0.25, 0.3) is 0 Å². The summed E-state index contributed by atoms with van der Waals surface area (Å²) >= 11 is 0. The van der Waals surface area contributed by atoms with Gasteiger partial charge in [0.05, 0.1) is 32.3 Å². The van der Waals surface area contributed by atoms with E-state index < -0.39 is 11.6 Å². The molecule has 1 aromatic rings. The monoisotopic (exact) mass is 308 g/mol. The minimum absolute atomic E-state index is 0.0576. The molecule has 1 atom stereocenters. The molecule has 0 radical (unpaired) electrons. The molecule has 1 aromatic carbocycles. The number of carbonyl (C=O) groups is 1. The molecule has 1 unspecified atom stereocenters. The summed E-state index contributed by atoms with van der Waals surface area (Å²) < 4.78 is 15.1. The highest BCUT2D eigenvalue weighted by Crippen LogP contribution is 2.23. The second kappa shape index (κ2) is 9.23. The molecule has 0 saturated heterocycles. The summed E-state index contributed by atoms with van der Waals surface area (Å²) in [7, 11) is 1.25.